The van der Waals surface area contributed by atoms with Crippen LogP contribution in [0.3, 0.4) is 0 Å². The number of hydrogen-bond acceptors (Lipinski definition) is 1. The van der Waals surface area contributed by atoms with Gasteiger partial charge in [0.05, 0.1) is 6.42 Å². The second kappa shape index (κ2) is 14.8. The maximum absolute atomic E-state index is 11.4. The number of carbonyl (C=O) groups is 1. The van der Waals surface area contributed by atoms with Gasteiger partial charge in [-0.3, -0.25) is 4.79 Å². The molecule has 0 spiro atoms. The van der Waals surface area contributed by atoms with E-state index in [0.717, 1.165) is 19.3 Å². The molecule has 2 heteroatoms. The summed E-state index contributed by atoms with van der Waals surface area (Å²) in [5.41, 5.74) is 1.19. The van der Waals surface area contributed by atoms with E-state index in [2.05, 4.69) is 49.4 Å². The number of benzene rings is 2. The van der Waals surface area contributed by atoms with Crippen LogP contribution in [0.5, 0.6) is 0 Å². The summed E-state index contributed by atoms with van der Waals surface area (Å²) in [4.78, 5) is 11.4. The first-order valence-corrected chi connectivity index (χ1v) is 12.1. The number of carboxylic acid groups (broad SMARTS) is 1. The van der Waals surface area contributed by atoms with Gasteiger partial charge in [0.2, 0.25) is 0 Å². The zero-order valence-corrected chi connectivity index (χ0v) is 18.8. The zero-order chi connectivity index (χ0) is 21.4. The Labute approximate surface area is 183 Å². The molecule has 0 aliphatic carbocycles. The average Bonchev–Trinajstić information content (AvgIpc) is 2.75. The van der Waals surface area contributed by atoms with Gasteiger partial charge in [-0.25, -0.2) is 0 Å². The van der Waals surface area contributed by atoms with Gasteiger partial charge in [0.15, 0.2) is 0 Å². The Balaban J connectivity index is 1.69. The van der Waals surface area contributed by atoms with Gasteiger partial charge in [0.25, 0.3) is 0 Å². The van der Waals surface area contributed by atoms with Gasteiger partial charge in [0.1, 0.15) is 0 Å². The third-order valence-electron chi connectivity index (χ3n) is 6.00. The van der Waals surface area contributed by atoms with Crippen LogP contribution >= 0.6 is 0 Å². The third-order valence-corrected chi connectivity index (χ3v) is 6.00. The largest absolute Gasteiger partial charge is 0.481 e. The minimum atomic E-state index is -0.703. The van der Waals surface area contributed by atoms with Crippen LogP contribution < -0.4 is 0 Å². The molecule has 164 valence electrons. The first kappa shape index (κ1) is 24.2. The zero-order valence-electron chi connectivity index (χ0n) is 18.8. The van der Waals surface area contributed by atoms with Gasteiger partial charge < -0.3 is 5.11 Å². The van der Waals surface area contributed by atoms with E-state index in [1.807, 2.05) is 12.1 Å². The van der Waals surface area contributed by atoms with Crippen molar-refractivity contribution in [2.45, 2.75) is 96.3 Å². The molecule has 2 nitrogen and oxygen atoms in total. The molecule has 0 amide bonds. The molecule has 0 fully saturated rings. The van der Waals surface area contributed by atoms with Crippen LogP contribution in [0.25, 0.3) is 10.8 Å². The topological polar surface area (TPSA) is 37.3 Å². The number of rotatable bonds is 16. The van der Waals surface area contributed by atoms with Gasteiger partial charge in [-0.05, 0) is 54.4 Å². The number of hydrogen-bond donors (Lipinski definition) is 1. The highest BCUT2D eigenvalue weighted by Crippen LogP contribution is 2.32. The van der Waals surface area contributed by atoms with Crippen LogP contribution in [0.15, 0.2) is 54.6 Å². The Hall–Kier alpha value is -2.09. The molecule has 0 bridgehead atoms. The molecule has 0 aliphatic heterocycles. The van der Waals surface area contributed by atoms with E-state index in [-0.39, 0.29) is 12.3 Å². The minimum Gasteiger partial charge on any atom is -0.481 e. The maximum Gasteiger partial charge on any atom is 0.303 e. The van der Waals surface area contributed by atoms with Gasteiger partial charge in [-0.1, -0.05) is 106 Å². The van der Waals surface area contributed by atoms with Crippen LogP contribution in [0.4, 0.5) is 0 Å². The lowest BCUT2D eigenvalue weighted by molar-refractivity contribution is -0.137. The standard InChI is InChI=1S/C28H40O2/c1-2-3-4-5-6-7-8-9-10-11-12-13-14-19-25(23-28(29)30)27-22-17-20-24-18-15-16-21-26(24)27/h9-10,15-18,20-22,25H,2-8,11-14,19,23H2,1H3,(H,29,30)/b10-9-. The summed E-state index contributed by atoms with van der Waals surface area (Å²) in [6.45, 7) is 2.26. The Morgan fingerprint density at radius 1 is 0.833 bits per heavy atom. The number of carboxylic acids is 1. The third kappa shape index (κ3) is 9.15. The minimum absolute atomic E-state index is 0.0943. The maximum atomic E-state index is 11.4. The van der Waals surface area contributed by atoms with E-state index >= 15 is 0 Å². The molecule has 0 radical (unpaired) electrons. The number of unbranched alkanes of at least 4 members (excludes halogenated alkanes) is 9. The van der Waals surface area contributed by atoms with Crippen molar-refractivity contribution in [2.75, 3.05) is 0 Å². The van der Waals surface area contributed by atoms with E-state index in [1.165, 1.54) is 74.1 Å². The molecule has 2 aromatic rings. The molecule has 0 aliphatic rings. The number of fused-ring (bicyclic) bond motifs is 1. The fraction of sp³-hybridized carbons (Fsp3) is 0.536. The number of allylic oxidation sites excluding steroid dienone is 2. The fourth-order valence-electron chi connectivity index (χ4n) is 4.29. The highest BCUT2D eigenvalue weighted by atomic mass is 16.4. The predicted octanol–water partition coefficient (Wildman–Crippen LogP) is 8.66. The normalized spacial score (nSPS) is 12.6. The SMILES string of the molecule is CCCCCCCC/C=C\CCCCCC(CC(=O)O)c1cccc2ccccc12. The lowest BCUT2D eigenvalue weighted by Crippen LogP contribution is -2.07. The molecule has 1 N–H and O–H groups in total. The second-order valence-electron chi connectivity index (χ2n) is 8.53. The molecule has 1 atom stereocenters. The van der Waals surface area contributed by atoms with Gasteiger partial charge in [0, 0.05) is 0 Å². The van der Waals surface area contributed by atoms with Crippen LogP contribution in [0.1, 0.15) is 102 Å². The highest BCUT2D eigenvalue weighted by Gasteiger charge is 2.17. The van der Waals surface area contributed by atoms with E-state index in [9.17, 15) is 9.90 Å². The molecule has 2 aromatic carbocycles. The Morgan fingerprint density at radius 2 is 1.47 bits per heavy atom. The quantitative estimate of drug-likeness (QED) is 0.223. The summed E-state index contributed by atoms with van der Waals surface area (Å²) in [6, 6.07) is 14.6. The summed E-state index contributed by atoms with van der Waals surface area (Å²) in [5.74, 6) is -0.609. The summed E-state index contributed by atoms with van der Waals surface area (Å²) in [7, 11) is 0. The fourth-order valence-corrected chi connectivity index (χ4v) is 4.29. The van der Waals surface area contributed by atoms with E-state index in [1.54, 1.807) is 0 Å². The summed E-state index contributed by atoms with van der Waals surface area (Å²) in [6.07, 6.45) is 19.8. The lowest BCUT2D eigenvalue weighted by atomic mass is 9.87. The first-order valence-electron chi connectivity index (χ1n) is 12.1. The molecular weight excluding hydrogens is 368 g/mol. The van der Waals surface area contributed by atoms with Crippen LogP contribution in [-0.4, -0.2) is 11.1 Å². The smallest absolute Gasteiger partial charge is 0.303 e. The van der Waals surface area contributed by atoms with Crippen molar-refractivity contribution in [3.8, 4) is 0 Å². The molecule has 0 aromatic heterocycles. The summed E-state index contributed by atoms with van der Waals surface area (Å²) < 4.78 is 0. The average molecular weight is 409 g/mol. The van der Waals surface area contributed by atoms with Crippen molar-refractivity contribution in [3.63, 3.8) is 0 Å². The van der Waals surface area contributed by atoms with Gasteiger partial charge >= 0.3 is 5.97 Å². The summed E-state index contributed by atoms with van der Waals surface area (Å²) >= 11 is 0. The molecule has 30 heavy (non-hydrogen) atoms. The molecule has 2 rings (SSSR count). The van der Waals surface area contributed by atoms with Crippen molar-refractivity contribution >= 4 is 16.7 Å². The Kier molecular flexibility index (Phi) is 11.9. The van der Waals surface area contributed by atoms with E-state index < -0.39 is 5.97 Å². The van der Waals surface area contributed by atoms with Crippen molar-refractivity contribution in [2.24, 2.45) is 0 Å². The molecule has 0 saturated heterocycles. The Bertz CT molecular complexity index is 757. The van der Waals surface area contributed by atoms with E-state index in [4.69, 9.17) is 0 Å². The van der Waals surface area contributed by atoms with Crippen molar-refractivity contribution < 1.29 is 9.90 Å². The molecule has 0 saturated carbocycles. The lowest BCUT2D eigenvalue weighted by Gasteiger charge is -2.17. The van der Waals surface area contributed by atoms with Gasteiger partial charge in [-0.2, -0.15) is 0 Å². The van der Waals surface area contributed by atoms with Crippen molar-refractivity contribution in [3.05, 3.63) is 60.2 Å². The van der Waals surface area contributed by atoms with Gasteiger partial charge in [-0.15, -0.1) is 0 Å². The van der Waals surface area contributed by atoms with Crippen LogP contribution in [0, 0.1) is 0 Å². The predicted molar refractivity (Wildman–Crippen MR) is 129 cm³/mol. The second-order valence-corrected chi connectivity index (χ2v) is 8.53. The number of aliphatic carboxylic acids is 1. The van der Waals surface area contributed by atoms with E-state index in [0.29, 0.717) is 0 Å². The monoisotopic (exact) mass is 408 g/mol. The Morgan fingerprint density at radius 3 is 2.20 bits per heavy atom. The highest BCUT2D eigenvalue weighted by molar-refractivity contribution is 5.86. The van der Waals surface area contributed by atoms with Crippen LogP contribution in [0.2, 0.25) is 0 Å². The van der Waals surface area contributed by atoms with Crippen molar-refractivity contribution in [1.29, 1.82) is 0 Å². The molecular formula is C28H40O2. The first-order chi connectivity index (χ1) is 14.7. The summed E-state index contributed by atoms with van der Waals surface area (Å²) in [5, 5.41) is 11.8. The molecule has 0 heterocycles. The van der Waals surface area contributed by atoms with Crippen LogP contribution in [-0.2, 0) is 4.79 Å². The molecule has 1 unspecified atom stereocenters. The van der Waals surface area contributed by atoms with Crippen molar-refractivity contribution in [1.82, 2.24) is 0 Å².